The number of methoxy groups -OCH3 is 1. The second kappa shape index (κ2) is 4.07. The van der Waals surface area contributed by atoms with E-state index in [0.29, 0.717) is 12.3 Å². The number of nitrogens with zero attached hydrogens (tertiary/aromatic N) is 2. The first-order chi connectivity index (χ1) is 5.79. The average molecular weight is 227 g/mol. The summed E-state index contributed by atoms with van der Waals surface area (Å²) in [6.45, 7) is 0. The van der Waals surface area contributed by atoms with Gasteiger partial charge < -0.3 is 4.74 Å². The lowest BCUT2D eigenvalue weighted by molar-refractivity contribution is 0.393. The number of hydrogen-bond acceptors (Lipinski definition) is 3. The van der Waals surface area contributed by atoms with Crippen molar-refractivity contribution in [2.24, 2.45) is 0 Å². The molecule has 1 aromatic heterocycles. The van der Waals surface area contributed by atoms with Crippen LogP contribution in [-0.4, -0.2) is 12.1 Å². The van der Waals surface area contributed by atoms with Crippen molar-refractivity contribution < 1.29 is 4.74 Å². The first-order valence-electron chi connectivity index (χ1n) is 3.34. The largest absolute Gasteiger partial charge is 0.481 e. The molecule has 0 aliphatic rings. The quantitative estimate of drug-likeness (QED) is 0.775. The van der Waals surface area contributed by atoms with Crippen molar-refractivity contribution in [3.63, 3.8) is 0 Å². The van der Waals surface area contributed by atoms with Crippen LogP contribution < -0.4 is 4.74 Å². The summed E-state index contributed by atoms with van der Waals surface area (Å²) in [5.41, 5.74) is 0.794. The van der Waals surface area contributed by atoms with Gasteiger partial charge in [0.1, 0.15) is 0 Å². The summed E-state index contributed by atoms with van der Waals surface area (Å²) >= 11 is 3.32. The van der Waals surface area contributed by atoms with E-state index in [4.69, 9.17) is 10.00 Å². The second-order valence-electron chi connectivity index (χ2n) is 2.12. The molecule has 0 aliphatic heterocycles. The summed E-state index contributed by atoms with van der Waals surface area (Å²) in [5.74, 6) is 0.505. The van der Waals surface area contributed by atoms with Gasteiger partial charge in [-0.15, -0.1) is 0 Å². The Labute approximate surface area is 79.1 Å². The summed E-state index contributed by atoms with van der Waals surface area (Å²) in [7, 11) is 1.54. The maximum atomic E-state index is 8.51. The van der Waals surface area contributed by atoms with Crippen molar-refractivity contribution in [3.05, 3.63) is 22.3 Å². The Morgan fingerprint density at radius 3 is 3.08 bits per heavy atom. The van der Waals surface area contributed by atoms with Crippen molar-refractivity contribution in [3.8, 4) is 11.9 Å². The molecule has 0 bridgehead atoms. The number of ether oxygens (including phenoxy) is 1. The lowest BCUT2D eigenvalue weighted by Gasteiger charge is -2.04. The highest BCUT2D eigenvalue weighted by Crippen LogP contribution is 2.23. The molecule has 0 radical (unpaired) electrons. The fraction of sp³-hybridized carbons (Fsp3) is 0.250. The van der Waals surface area contributed by atoms with Crippen LogP contribution >= 0.6 is 15.9 Å². The van der Waals surface area contributed by atoms with Crippen LogP contribution in [0.25, 0.3) is 0 Å². The Hall–Kier alpha value is -1.08. The average Bonchev–Trinajstić information content (AvgIpc) is 2.09. The predicted molar refractivity (Wildman–Crippen MR) is 47.8 cm³/mol. The third-order valence-corrected chi connectivity index (χ3v) is 2.15. The van der Waals surface area contributed by atoms with Gasteiger partial charge in [-0.2, -0.15) is 5.26 Å². The number of nitriles is 1. The Balaban J connectivity index is 3.12. The van der Waals surface area contributed by atoms with Crippen molar-refractivity contribution in [2.45, 2.75) is 6.42 Å². The monoisotopic (exact) mass is 226 g/mol. The Kier molecular flexibility index (Phi) is 3.06. The Morgan fingerprint density at radius 2 is 2.50 bits per heavy atom. The first kappa shape index (κ1) is 9.01. The van der Waals surface area contributed by atoms with Gasteiger partial charge in [-0.1, -0.05) is 15.9 Å². The number of halogens is 1. The molecule has 1 heterocycles. The summed E-state index contributed by atoms with van der Waals surface area (Å²) in [6, 6.07) is 3.84. The standard InChI is InChI=1S/C8H7BrN2O/c1-12-8-6(2-4-10)7(9)3-5-11-8/h3,5H,2H2,1H3. The van der Waals surface area contributed by atoms with Crippen LogP contribution in [0.4, 0.5) is 0 Å². The minimum Gasteiger partial charge on any atom is -0.481 e. The van der Waals surface area contributed by atoms with Crippen molar-refractivity contribution in [1.82, 2.24) is 4.98 Å². The molecule has 0 N–H and O–H groups in total. The van der Waals surface area contributed by atoms with E-state index in [1.54, 1.807) is 12.3 Å². The Bertz CT molecular complexity index is 319. The number of hydrogen-bond donors (Lipinski definition) is 0. The lowest BCUT2D eigenvalue weighted by Crippen LogP contribution is -1.94. The first-order valence-corrected chi connectivity index (χ1v) is 4.13. The number of pyridine rings is 1. The third-order valence-electron chi connectivity index (χ3n) is 1.41. The molecular weight excluding hydrogens is 220 g/mol. The molecule has 12 heavy (non-hydrogen) atoms. The molecule has 3 nitrogen and oxygen atoms in total. The molecule has 0 atom stereocenters. The molecule has 4 heteroatoms. The van der Waals surface area contributed by atoms with Gasteiger partial charge in [-0.3, -0.25) is 0 Å². The molecule has 0 spiro atoms. The van der Waals surface area contributed by atoms with E-state index in [-0.39, 0.29) is 0 Å². The van der Waals surface area contributed by atoms with Gasteiger partial charge in [-0.05, 0) is 6.07 Å². The van der Waals surface area contributed by atoms with Crippen molar-refractivity contribution >= 4 is 15.9 Å². The lowest BCUT2D eigenvalue weighted by atomic mass is 10.2. The van der Waals surface area contributed by atoms with Crippen molar-refractivity contribution in [1.29, 1.82) is 5.26 Å². The molecule has 0 aromatic carbocycles. The maximum Gasteiger partial charge on any atom is 0.218 e. The minimum atomic E-state index is 0.303. The second-order valence-corrected chi connectivity index (χ2v) is 2.97. The van der Waals surface area contributed by atoms with Crippen LogP contribution in [0, 0.1) is 11.3 Å². The molecule has 1 aromatic rings. The predicted octanol–water partition coefficient (Wildman–Crippen LogP) is 1.92. The van der Waals surface area contributed by atoms with E-state index < -0.39 is 0 Å². The fourth-order valence-electron chi connectivity index (χ4n) is 0.866. The van der Waals surface area contributed by atoms with Gasteiger partial charge in [0.05, 0.1) is 19.6 Å². The fourth-order valence-corrected chi connectivity index (χ4v) is 1.29. The molecule has 0 fully saturated rings. The summed E-state index contributed by atoms with van der Waals surface area (Å²) in [4.78, 5) is 3.97. The normalized spacial score (nSPS) is 9.08. The van der Waals surface area contributed by atoms with Crippen LogP contribution in [0.1, 0.15) is 5.56 Å². The van der Waals surface area contributed by atoms with Gasteiger partial charge >= 0.3 is 0 Å². The molecule has 0 aliphatic carbocycles. The van der Waals surface area contributed by atoms with E-state index in [1.165, 1.54) is 7.11 Å². The van der Waals surface area contributed by atoms with Crippen LogP contribution in [0.2, 0.25) is 0 Å². The van der Waals surface area contributed by atoms with Crippen LogP contribution in [-0.2, 0) is 6.42 Å². The molecule has 1 rings (SSSR count). The van der Waals surface area contributed by atoms with Crippen LogP contribution in [0.15, 0.2) is 16.7 Å². The topological polar surface area (TPSA) is 45.9 Å². The highest BCUT2D eigenvalue weighted by molar-refractivity contribution is 9.10. The SMILES string of the molecule is COc1nccc(Br)c1CC#N. The zero-order chi connectivity index (χ0) is 8.97. The summed E-state index contributed by atoms with van der Waals surface area (Å²) < 4.78 is 5.84. The van der Waals surface area contributed by atoms with Gasteiger partial charge in [-0.25, -0.2) is 4.98 Å². The summed E-state index contributed by atoms with van der Waals surface area (Å²) in [5, 5.41) is 8.51. The van der Waals surface area contributed by atoms with Crippen LogP contribution in [0.5, 0.6) is 5.88 Å². The van der Waals surface area contributed by atoms with Gasteiger partial charge in [0.15, 0.2) is 0 Å². The van der Waals surface area contributed by atoms with Gasteiger partial charge in [0.2, 0.25) is 5.88 Å². The minimum absolute atomic E-state index is 0.303. The third kappa shape index (κ3) is 1.74. The maximum absolute atomic E-state index is 8.51. The van der Waals surface area contributed by atoms with Crippen LogP contribution in [0.3, 0.4) is 0 Å². The molecule has 0 amide bonds. The number of aromatic nitrogens is 1. The van der Waals surface area contributed by atoms with Gasteiger partial charge in [0.25, 0.3) is 0 Å². The highest BCUT2D eigenvalue weighted by atomic mass is 79.9. The summed E-state index contributed by atoms with van der Waals surface area (Å²) in [6.07, 6.45) is 1.93. The van der Waals surface area contributed by atoms with Crippen molar-refractivity contribution in [2.75, 3.05) is 7.11 Å². The van der Waals surface area contributed by atoms with Gasteiger partial charge in [0, 0.05) is 16.2 Å². The van der Waals surface area contributed by atoms with E-state index in [1.807, 2.05) is 6.07 Å². The highest BCUT2D eigenvalue weighted by Gasteiger charge is 2.06. The molecule has 62 valence electrons. The molecule has 0 saturated carbocycles. The number of rotatable bonds is 2. The molecule has 0 unspecified atom stereocenters. The molecular formula is C8H7BrN2O. The smallest absolute Gasteiger partial charge is 0.218 e. The molecule has 0 saturated heterocycles. The Morgan fingerprint density at radius 1 is 1.75 bits per heavy atom. The van der Waals surface area contributed by atoms with E-state index in [2.05, 4.69) is 20.9 Å². The van der Waals surface area contributed by atoms with E-state index in [9.17, 15) is 0 Å². The zero-order valence-electron chi connectivity index (χ0n) is 6.54. The van der Waals surface area contributed by atoms with E-state index in [0.717, 1.165) is 10.0 Å². The van der Waals surface area contributed by atoms with E-state index >= 15 is 0 Å². The zero-order valence-corrected chi connectivity index (χ0v) is 8.13.